The highest BCUT2D eigenvalue weighted by Crippen LogP contribution is 2.26. The van der Waals surface area contributed by atoms with Crippen LogP contribution in [-0.2, 0) is 13.6 Å². The summed E-state index contributed by atoms with van der Waals surface area (Å²) in [5, 5.41) is 11.5. The average Bonchev–Trinajstić information content (AvgIpc) is 2.86. The van der Waals surface area contributed by atoms with Crippen molar-refractivity contribution < 1.29 is 4.74 Å². The zero-order valence-electron chi connectivity index (χ0n) is 11.6. The molecule has 0 aliphatic rings. The average molecular weight is 260 g/mol. The number of hydrogen-bond acceptors (Lipinski definition) is 4. The first-order chi connectivity index (χ1) is 9.24. The van der Waals surface area contributed by atoms with Gasteiger partial charge in [0.05, 0.1) is 12.8 Å². The lowest BCUT2D eigenvalue weighted by Gasteiger charge is -2.19. The van der Waals surface area contributed by atoms with E-state index in [2.05, 4.69) is 28.6 Å². The van der Waals surface area contributed by atoms with Crippen LogP contribution >= 0.6 is 0 Å². The zero-order valence-corrected chi connectivity index (χ0v) is 11.6. The van der Waals surface area contributed by atoms with E-state index in [0.29, 0.717) is 6.54 Å². The molecule has 0 bridgehead atoms. The number of nitrogens with zero attached hydrogens (tertiary/aromatic N) is 3. The second-order valence-electron chi connectivity index (χ2n) is 4.47. The standard InChI is InChI=1S/C14H20N4O/c1-4-13(12-7-5-6-8-14(12)19-3)15-9-11-10-18(2)17-16-11/h5-8,10,13,15H,4,9H2,1-3H3. The maximum absolute atomic E-state index is 5.41. The Labute approximate surface area is 113 Å². The molecule has 0 amide bonds. The lowest BCUT2D eigenvalue weighted by atomic mass is 10.0. The summed E-state index contributed by atoms with van der Waals surface area (Å²) in [7, 11) is 3.57. The number of hydrogen-bond donors (Lipinski definition) is 1. The molecule has 1 atom stereocenters. The Hall–Kier alpha value is -1.88. The molecule has 1 aromatic carbocycles. The maximum atomic E-state index is 5.41. The Morgan fingerprint density at radius 3 is 2.79 bits per heavy atom. The molecule has 1 heterocycles. The van der Waals surface area contributed by atoms with E-state index < -0.39 is 0 Å². The summed E-state index contributed by atoms with van der Waals surface area (Å²) in [6.07, 6.45) is 2.91. The lowest BCUT2D eigenvalue weighted by Crippen LogP contribution is -2.21. The van der Waals surface area contributed by atoms with E-state index in [0.717, 1.165) is 17.9 Å². The highest BCUT2D eigenvalue weighted by molar-refractivity contribution is 5.35. The summed E-state index contributed by atoms with van der Waals surface area (Å²) in [4.78, 5) is 0. The Morgan fingerprint density at radius 1 is 1.37 bits per heavy atom. The molecule has 19 heavy (non-hydrogen) atoms. The van der Waals surface area contributed by atoms with Gasteiger partial charge in [0.25, 0.3) is 0 Å². The van der Waals surface area contributed by atoms with Crippen LogP contribution in [0.3, 0.4) is 0 Å². The number of aryl methyl sites for hydroxylation is 1. The monoisotopic (exact) mass is 260 g/mol. The summed E-state index contributed by atoms with van der Waals surface area (Å²) >= 11 is 0. The molecule has 5 heteroatoms. The van der Waals surface area contributed by atoms with Gasteiger partial charge in [0.2, 0.25) is 0 Å². The first kappa shape index (κ1) is 13.5. The smallest absolute Gasteiger partial charge is 0.123 e. The molecule has 1 unspecified atom stereocenters. The van der Waals surface area contributed by atoms with Crippen molar-refractivity contribution in [3.05, 3.63) is 41.7 Å². The minimum atomic E-state index is 0.248. The Morgan fingerprint density at radius 2 is 2.16 bits per heavy atom. The molecule has 1 N–H and O–H groups in total. The molecule has 2 aromatic rings. The predicted octanol–water partition coefficient (Wildman–Crippen LogP) is 2.06. The third kappa shape index (κ3) is 3.32. The van der Waals surface area contributed by atoms with Crippen molar-refractivity contribution in [2.45, 2.75) is 25.9 Å². The summed E-state index contributed by atoms with van der Waals surface area (Å²) < 4.78 is 7.12. The van der Waals surface area contributed by atoms with Gasteiger partial charge in [-0.3, -0.25) is 4.68 Å². The minimum Gasteiger partial charge on any atom is -0.496 e. The highest BCUT2D eigenvalue weighted by Gasteiger charge is 2.13. The van der Waals surface area contributed by atoms with Gasteiger partial charge in [0, 0.05) is 31.4 Å². The molecular formula is C14H20N4O. The molecule has 5 nitrogen and oxygen atoms in total. The zero-order chi connectivity index (χ0) is 13.7. The van der Waals surface area contributed by atoms with Crippen LogP contribution in [0.2, 0.25) is 0 Å². The number of benzene rings is 1. The molecule has 0 spiro atoms. The van der Waals surface area contributed by atoms with Crippen molar-refractivity contribution in [3.8, 4) is 5.75 Å². The van der Waals surface area contributed by atoms with Gasteiger partial charge in [-0.1, -0.05) is 30.3 Å². The second-order valence-corrected chi connectivity index (χ2v) is 4.47. The van der Waals surface area contributed by atoms with Crippen molar-refractivity contribution >= 4 is 0 Å². The third-order valence-corrected chi connectivity index (χ3v) is 3.10. The van der Waals surface area contributed by atoms with E-state index in [1.54, 1.807) is 11.8 Å². The molecule has 0 saturated heterocycles. The molecule has 1 aromatic heterocycles. The Bertz CT molecular complexity index is 524. The first-order valence-electron chi connectivity index (χ1n) is 6.46. The van der Waals surface area contributed by atoms with Gasteiger partial charge in [-0.25, -0.2) is 0 Å². The summed E-state index contributed by atoms with van der Waals surface area (Å²) in [6.45, 7) is 2.85. The van der Waals surface area contributed by atoms with Gasteiger partial charge in [-0.2, -0.15) is 0 Å². The predicted molar refractivity (Wildman–Crippen MR) is 73.9 cm³/mol. The lowest BCUT2D eigenvalue weighted by molar-refractivity contribution is 0.396. The van der Waals surface area contributed by atoms with E-state index >= 15 is 0 Å². The van der Waals surface area contributed by atoms with Gasteiger partial charge >= 0.3 is 0 Å². The fraction of sp³-hybridized carbons (Fsp3) is 0.429. The quantitative estimate of drug-likeness (QED) is 0.864. The van der Waals surface area contributed by atoms with Crippen LogP contribution in [0.15, 0.2) is 30.5 Å². The molecule has 0 radical (unpaired) electrons. The van der Waals surface area contributed by atoms with Crippen molar-refractivity contribution in [3.63, 3.8) is 0 Å². The number of para-hydroxylation sites is 1. The third-order valence-electron chi connectivity index (χ3n) is 3.10. The topological polar surface area (TPSA) is 52.0 Å². The van der Waals surface area contributed by atoms with E-state index in [1.165, 1.54) is 5.56 Å². The molecular weight excluding hydrogens is 240 g/mol. The SMILES string of the molecule is CCC(NCc1cn(C)nn1)c1ccccc1OC. The summed E-state index contributed by atoms with van der Waals surface area (Å²) in [5.74, 6) is 0.918. The van der Waals surface area contributed by atoms with Gasteiger partial charge in [-0.05, 0) is 12.5 Å². The molecule has 0 aliphatic heterocycles. The molecule has 0 aliphatic carbocycles. The number of methoxy groups -OCH3 is 1. The number of aromatic nitrogens is 3. The number of rotatable bonds is 6. The van der Waals surface area contributed by atoms with E-state index in [9.17, 15) is 0 Å². The van der Waals surface area contributed by atoms with Crippen molar-refractivity contribution in [2.24, 2.45) is 7.05 Å². The van der Waals surface area contributed by atoms with E-state index in [1.807, 2.05) is 31.4 Å². The van der Waals surface area contributed by atoms with Crippen LogP contribution in [0.1, 0.15) is 30.6 Å². The van der Waals surface area contributed by atoms with Gasteiger partial charge in [0.1, 0.15) is 5.75 Å². The van der Waals surface area contributed by atoms with Crippen LogP contribution in [0.25, 0.3) is 0 Å². The Balaban J connectivity index is 2.07. The van der Waals surface area contributed by atoms with Gasteiger partial charge in [-0.15, -0.1) is 5.10 Å². The molecule has 102 valence electrons. The van der Waals surface area contributed by atoms with Crippen molar-refractivity contribution in [1.29, 1.82) is 0 Å². The molecule has 2 rings (SSSR count). The number of nitrogens with one attached hydrogen (secondary N) is 1. The fourth-order valence-electron chi connectivity index (χ4n) is 2.13. The van der Waals surface area contributed by atoms with Gasteiger partial charge in [0.15, 0.2) is 0 Å². The normalized spacial score (nSPS) is 12.4. The molecule has 0 fully saturated rings. The van der Waals surface area contributed by atoms with Crippen molar-refractivity contribution in [2.75, 3.05) is 7.11 Å². The molecule has 0 saturated carbocycles. The summed E-state index contributed by atoms with van der Waals surface area (Å²) in [5.41, 5.74) is 2.12. The highest BCUT2D eigenvalue weighted by atomic mass is 16.5. The second kappa shape index (κ2) is 6.33. The van der Waals surface area contributed by atoms with Crippen LogP contribution in [0.5, 0.6) is 5.75 Å². The van der Waals surface area contributed by atoms with Crippen LogP contribution in [0, 0.1) is 0 Å². The van der Waals surface area contributed by atoms with E-state index in [-0.39, 0.29) is 6.04 Å². The van der Waals surface area contributed by atoms with Crippen molar-refractivity contribution in [1.82, 2.24) is 20.3 Å². The van der Waals surface area contributed by atoms with Crippen LogP contribution in [-0.4, -0.2) is 22.1 Å². The minimum absolute atomic E-state index is 0.248. The first-order valence-corrected chi connectivity index (χ1v) is 6.46. The number of ether oxygens (including phenoxy) is 1. The summed E-state index contributed by atoms with van der Waals surface area (Å²) in [6, 6.07) is 8.35. The maximum Gasteiger partial charge on any atom is 0.123 e. The fourth-order valence-corrected chi connectivity index (χ4v) is 2.13. The largest absolute Gasteiger partial charge is 0.496 e. The van der Waals surface area contributed by atoms with Gasteiger partial charge < -0.3 is 10.1 Å². The van der Waals surface area contributed by atoms with Crippen LogP contribution < -0.4 is 10.1 Å². The van der Waals surface area contributed by atoms with E-state index in [4.69, 9.17) is 4.74 Å². The Kier molecular flexibility index (Phi) is 4.52. The van der Waals surface area contributed by atoms with Crippen LogP contribution in [0.4, 0.5) is 0 Å².